The van der Waals surface area contributed by atoms with E-state index in [2.05, 4.69) is 0 Å². The van der Waals surface area contributed by atoms with E-state index in [1.165, 1.54) is 19.2 Å². The Labute approximate surface area is 215 Å². The molecule has 1 aliphatic rings. The summed E-state index contributed by atoms with van der Waals surface area (Å²) in [5.74, 6) is -1.50. The van der Waals surface area contributed by atoms with Gasteiger partial charge in [0.15, 0.2) is 18.5 Å². The Morgan fingerprint density at radius 2 is 1.30 bits per heavy atom. The zero-order valence-electron chi connectivity index (χ0n) is 20.2. The number of ether oxygens (including phenoxy) is 4. The van der Waals surface area contributed by atoms with Gasteiger partial charge in [-0.25, -0.2) is 9.59 Å². The van der Waals surface area contributed by atoms with Gasteiger partial charge < -0.3 is 18.9 Å². The third-order valence-corrected chi connectivity index (χ3v) is 7.03. The van der Waals surface area contributed by atoms with Crippen molar-refractivity contribution in [1.29, 1.82) is 0 Å². The second-order valence-corrected chi connectivity index (χ2v) is 9.88. The largest absolute Gasteiger partial charge is 0.452 e. The molecular formula is C27H26O9S. The maximum absolute atomic E-state index is 13.1. The minimum absolute atomic E-state index is 0.0852. The molecule has 4 rings (SSSR count). The summed E-state index contributed by atoms with van der Waals surface area (Å²) in [5, 5.41) is 0. The van der Waals surface area contributed by atoms with Crippen molar-refractivity contribution >= 4 is 22.1 Å². The van der Waals surface area contributed by atoms with Crippen LogP contribution >= 0.6 is 0 Å². The molecular weight excluding hydrogens is 500 g/mol. The third-order valence-electron chi connectivity index (χ3n) is 5.68. The lowest BCUT2D eigenvalue weighted by molar-refractivity contribution is -0.256. The summed E-state index contributed by atoms with van der Waals surface area (Å²) in [6.07, 6.45) is -5.20. The molecule has 0 bridgehead atoms. The Bertz CT molecular complexity index is 1310. The number of hydrogen-bond donors (Lipinski definition) is 0. The molecule has 9 nitrogen and oxygen atoms in total. The second-order valence-electron chi connectivity index (χ2n) is 8.31. The van der Waals surface area contributed by atoms with Gasteiger partial charge in [0.2, 0.25) is 0 Å². The van der Waals surface area contributed by atoms with E-state index in [4.69, 9.17) is 23.1 Å². The van der Waals surface area contributed by atoms with Crippen molar-refractivity contribution in [2.45, 2.75) is 36.4 Å². The van der Waals surface area contributed by atoms with Gasteiger partial charge in [0.1, 0.15) is 6.10 Å². The Morgan fingerprint density at radius 1 is 0.784 bits per heavy atom. The normalized spacial score (nSPS) is 21.7. The molecule has 0 aromatic heterocycles. The lowest BCUT2D eigenvalue weighted by Crippen LogP contribution is -2.58. The van der Waals surface area contributed by atoms with Crippen LogP contribution < -0.4 is 0 Å². The number of hydrogen-bond acceptors (Lipinski definition) is 9. The van der Waals surface area contributed by atoms with E-state index < -0.39 is 46.7 Å². The summed E-state index contributed by atoms with van der Waals surface area (Å²) in [7, 11) is -2.96. The van der Waals surface area contributed by atoms with E-state index in [0.29, 0.717) is 0 Å². The highest BCUT2D eigenvalue weighted by atomic mass is 32.2. The number of benzene rings is 3. The Hall–Kier alpha value is -3.57. The molecule has 10 heteroatoms. The number of aryl methyl sites for hydroxylation is 1. The zero-order chi connectivity index (χ0) is 26.4. The smallest absolute Gasteiger partial charge is 0.338 e. The number of esters is 2. The SMILES string of the molecule is COC1OCC(OS(=O)(=O)c2ccc(C)cc2)C(OC(=O)c2ccccc2)C1OC(=O)c1ccccc1. The quantitative estimate of drug-likeness (QED) is 0.321. The minimum Gasteiger partial charge on any atom is -0.452 e. The van der Waals surface area contributed by atoms with Crippen molar-refractivity contribution in [2.24, 2.45) is 0 Å². The molecule has 0 radical (unpaired) electrons. The van der Waals surface area contributed by atoms with E-state index in [0.717, 1.165) is 5.56 Å². The molecule has 1 saturated heterocycles. The van der Waals surface area contributed by atoms with Crippen molar-refractivity contribution in [3.63, 3.8) is 0 Å². The summed E-state index contributed by atoms with van der Waals surface area (Å²) in [4.78, 5) is 25.8. The van der Waals surface area contributed by atoms with Crippen molar-refractivity contribution in [3.8, 4) is 0 Å². The van der Waals surface area contributed by atoms with Gasteiger partial charge in [-0.3, -0.25) is 4.18 Å². The highest BCUT2D eigenvalue weighted by molar-refractivity contribution is 7.86. The number of carbonyl (C=O) groups is 2. The van der Waals surface area contributed by atoms with Gasteiger partial charge in [-0.2, -0.15) is 8.42 Å². The van der Waals surface area contributed by atoms with Gasteiger partial charge in [-0.05, 0) is 43.3 Å². The lowest BCUT2D eigenvalue weighted by atomic mass is 10.0. The van der Waals surface area contributed by atoms with Crippen molar-refractivity contribution in [3.05, 3.63) is 102 Å². The molecule has 3 aromatic carbocycles. The summed E-state index contributed by atoms with van der Waals surface area (Å²) < 4.78 is 53.9. The lowest BCUT2D eigenvalue weighted by Gasteiger charge is -2.39. The van der Waals surface area contributed by atoms with Crippen LogP contribution in [0.1, 0.15) is 26.3 Å². The summed E-state index contributed by atoms with van der Waals surface area (Å²) in [6.45, 7) is 1.51. The van der Waals surface area contributed by atoms with Gasteiger partial charge in [-0.15, -0.1) is 0 Å². The first-order chi connectivity index (χ1) is 17.8. The summed E-state index contributed by atoms with van der Waals surface area (Å²) >= 11 is 0. The molecule has 4 unspecified atom stereocenters. The number of rotatable bonds is 8. The van der Waals surface area contributed by atoms with E-state index in [9.17, 15) is 18.0 Å². The van der Waals surface area contributed by atoms with E-state index in [1.54, 1.807) is 72.8 Å². The van der Waals surface area contributed by atoms with Crippen LogP contribution in [0.3, 0.4) is 0 Å². The zero-order valence-corrected chi connectivity index (χ0v) is 21.0. The van der Waals surface area contributed by atoms with Crippen molar-refractivity contribution in [1.82, 2.24) is 0 Å². The molecule has 0 aliphatic carbocycles. The average Bonchev–Trinajstić information content (AvgIpc) is 2.91. The molecule has 37 heavy (non-hydrogen) atoms. The maximum Gasteiger partial charge on any atom is 0.338 e. The Morgan fingerprint density at radius 3 is 1.81 bits per heavy atom. The molecule has 0 amide bonds. The Kier molecular flexibility index (Phi) is 8.34. The molecule has 0 N–H and O–H groups in total. The minimum atomic E-state index is -4.29. The van der Waals surface area contributed by atoms with E-state index >= 15 is 0 Å². The van der Waals surface area contributed by atoms with Crippen LogP contribution in [0.15, 0.2) is 89.8 Å². The maximum atomic E-state index is 13.1. The molecule has 3 aromatic rings. The van der Waals surface area contributed by atoms with Crippen LogP contribution in [0, 0.1) is 6.92 Å². The molecule has 4 atom stereocenters. The highest BCUT2D eigenvalue weighted by Gasteiger charge is 2.48. The van der Waals surface area contributed by atoms with Crippen LogP contribution in [0.25, 0.3) is 0 Å². The molecule has 1 aliphatic heterocycles. The third kappa shape index (κ3) is 6.41. The fraction of sp³-hybridized carbons (Fsp3) is 0.259. The first-order valence-corrected chi connectivity index (χ1v) is 12.9. The molecule has 1 heterocycles. The monoisotopic (exact) mass is 526 g/mol. The Balaban J connectivity index is 1.66. The number of carbonyl (C=O) groups excluding carboxylic acids is 2. The van der Waals surface area contributed by atoms with Crippen LogP contribution in [0.5, 0.6) is 0 Å². The van der Waals surface area contributed by atoms with Gasteiger partial charge in [0, 0.05) is 7.11 Å². The topological polar surface area (TPSA) is 114 Å². The predicted molar refractivity (Wildman–Crippen MR) is 131 cm³/mol. The second kappa shape index (κ2) is 11.7. The predicted octanol–water partition coefficient (Wildman–Crippen LogP) is 3.52. The molecule has 0 spiro atoms. The standard InChI is InChI=1S/C27H26O9S/c1-18-13-15-21(16-14-18)37(30,31)36-22-17-33-27(32-2)24(35-26(29)20-11-7-4-8-12-20)23(22)34-25(28)19-9-5-3-6-10-19/h3-16,22-24,27H,17H2,1-2H3. The average molecular weight is 527 g/mol. The molecule has 0 saturated carbocycles. The first kappa shape index (κ1) is 26.5. The van der Waals surface area contributed by atoms with Crippen LogP contribution in [-0.2, 0) is 33.2 Å². The van der Waals surface area contributed by atoms with Crippen molar-refractivity contribution in [2.75, 3.05) is 13.7 Å². The summed E-state index contributed by atoms with van der Waals surface area (Å²) in [5.41, 5.74) is 1.32. The highest BCUT2D eigenvalue weighted by Crippen LogP contribution is 2.28. The van der Waals surface area contributed by atoms with Gasteiger partial charge >= 0.3 is 11.9 Å². The fourth-order valence-corrected chi connectivity index (χ4v) is 4.82. The van der Waals surface area contributed by atoms with Crippen molar-refractivity contribution < 1.29 is 41.1 Å². The number of methoxy groups -OCH3 is 1. The van der Waals surface area contributed by atoms with Gasteiger partial charge in [0.25, 0.3) is 10.1 Å². The first-order valence-electron chi connectivity index (χ1n) is 11.4. The van der Waals surface area contributed by atoms with Gasteiger partial charge in [0.05, 0.1) is 22.6 Å². The van der Waals surface area contributed by atoms with Gasteiger partial charge in [-0.1, -0.05) is 54.1 Å². The van der Waals surface area contributed by atoms with Crippen LogP contribution in [0.4, 0.5) is 0 Å². The van der Waals surface area contributed by atoms with E-state index in [1.807, 2.05) is 6.92 Å². The fourth-order valence-electron chi connectivity index (χ4n) is 3.75. The van der Waals surface area contributed by atoms with E-state index in [-0.39, 0.29) is 22.6 Å². The van der Waals surface area contributed by atoms with Crippen LogP contribution in [0.2, 0.25) is 0 Å². The summed E-state index contributed by atoms with van der Waals surface area (Å²) in [6, 6.07) is 22.4. The molecule has 1 fully saturated rings. The molecule has 194 valence electrons. The van der Waals surface area contributed by atoms with Crippen LogP contribution in [-0.4, -0.2) is 58.7 Å².